The normalized spacial score (nSPS) is 33.0. The lowest BCUT2D eigenvalue weighted by Crippen LogP contribution is -2.57. The van der Waals surface area contributed by atoms with Gasteiger partial charge in [0, 0.05) is 122 Å². The SMILES string of the molecule is C[C@@H]1O[C@@H](OCCCC(=O)CC[C@H](NC(=O)CC[C@H](CC(=O)CC[C@H](NC(=O)CC[C@H](CC(=O)CC[C@H](NC(=O)CCCCC(=O)ON2C(=O)CCC2=O)C(=O)NCCO[C@@H]2O[C@@H](C)[C@@H](O)[C@@H](O)[C@@H]2O)C(=O)NCCO[C@@H]2O[C@@H](C)[C@@H](O)[C@@H](O)[C@@H]2O)C(=O)NCCO[C@@H]2O[C@@H](C)[C@@H](O)[C@@H](O)[C@@H]2O)C(=O)NCCO[C@@H]2O[C@@H](C)[C@@H](O)[C@@H](O)[C@@H]2O)C(=O)NCCO[C@@H]2O[C@@H](C)[C@@H](O)[C@@H](O)[C@@H]2O)[C@@H](O)[C@H](O)[C@@H]1O. The van der Waals surface area contributed by atoms with Crippen molar-refractivity contribution < 1.29 is 221 Å². The summed E-state index contributed by atoms with van der Waals surface area (Å²) < 4.78 is 66.2. The number of unbranched alkanes of at least 4 members (excludes halogenated alkanes) is 1. The lowest BCUT2D eigenvalue weighted by atomic mass is 9.92. The van der Waals surface area contributed by atoms with Gasteiger partial charge in [0.1, 0.15) is 145 Å². The molecular formula is C86H141N9O45. The van der Waals surface area contributed by atoms with Gasteiger partial charge >= 0.3 is 5.97 Å². The Morgan fingerprint density at radius 2 is 0.529 bits per heavy atom. The molecule has 0 unspecified atom stereocenters. The molecule has 0 bridgehead atoms. The quantitative estimate of drug-likeness (QED) is 0.0199. The largest absolute Gasteiger partial charge is 0.388 e. The molecular weight excluding hydrogens is 1880 g/mol. The van der Waals surface area contributed by atoms with Crippen LogP contribution in [-0.4, -0.2) is 454 Å². The molecule has 7 aliphatic rings. The van der Waals surface area contributed by atoms with Gasteiger partial charge in [0.15, 0.2) is 37.7 Å². The van der Waals surface area contributed by atoms with Crippen molar-refractivity contribution in [2.75, 3.05) is 72.4 Å². The van der Waals surface area contributed by atoms with E-state index >= 15 is 0 Å². The van der Waals surface area contributed by atoms with Crippen LogP contribution in [0.5, 0.6) is 0 Å². The minimum absolute atomic E-state index is 0.0188. The number of nitrogens with zero attached hydrogens (tertiary/aromatic N) is 1. The number of rotatable bonds is 58. The summed E-state index contributed by atoms with van der Waals surface area (Å²) in [5, 5.41) is 207. The summed E-state index contributed by atoms with van der Waals surface area (Å²) in [6.45, 7) is 4.07. The number of imide groups is 1. The number of carbonyl (C=O) groups is 14. The second kappa shape index (κ2) is 59.0. The van der Waals surface area contributed by atoms with E-state index in [1.807, 2.05) is 0 Å². The Morgan fingerprint density at radius 1 is 0.286 bits per heavy atom. The second-order valence-electron chi connectivity index (χ2n) is 35.6. The molecule has 140 heavy (non-hydrogen) atoms. The molecule has 7 rings (SSSR count). The van der Waals surface area contributed by atoms with E-state index in [4.69, 9.17) is 61.7 Å². The third-order valence-corrected chi connectivity index (χ3v) is 24.6. The van der Waals surface area contributed by atoms with Crippen LogP contribution in [0, 0.1) is 11.8 Å². The summed E-state index contributed by atoms with van der Waals surface area (Å²) in [5.41, 5.74) is 0. The molecule has 7 saturated heterocycles. The van der Waals surface area contributed by atoms with Crippen LogP contribution in [0.3, 0.4) is 0 Å². The molecule has 0 radical (unpaired) electrons. The molecule has 0 saturated carbocycles. The van der Waals surface area contributed by atoms with E-state index in [9.17, 15) is 159 Å². The predicted octanol–water partition coefficient (Wildman–Crippen LogP) is -12.3. The molecule has 10 amide bonds. The number of aliphatic hydroxyl groups is 18. The van der Waals surface area contributed by atoms with Crippen molar-refractivity contribution in [3.8, 4) is 0 Å². The summed E-state index contributed by atoms with van der Waals surface area (Å²) in [6.07, 6.45) is -52.7. The molecule has 7 aliphatic heterocycles. The Morgan fingerprint density at radius 3 is 0.807 bits per heavy atom. The lowest BCUT2D eigenvalue weighted by Gasteiger charge is -2.38. The van der Waals surface area contributed by atoms with E-state index < -0.39 is 407 Å². The zero-order chi connectivity index (χ0) is 104. The molecule has 800 valence electrons. The average Bonchev–Trinajstić information content (AvgIpc) is 1.12. The zero-order valence-electron chi connectivity index (χ0n) is 78.6. The van der Waals surface area contributed by atoms with Gasteiger partial charge in [-0.15, -0.1) is 5.06 Å². The maximum absolute atomic E-state index is 14.5. The number of amides is 10. The number of nitrogens with one attached hydrogen (secondary N) is 8. The van der Waals surface area contributed by atoms with Gasteiger partial charge in [-0.1, -0.05) is 0 Å². The van der Waals surface area contributed by atoms with Crippen molar-refractivity contribution in [3.05, 3.63) is 0 Å². The fourth-order valence-electron chi connectivity index (χ4n) is 15.8. The highest BCUT2D eigenvalue weighted by Gasteiger charge is 2.49. The van der Waals surface area contributed by atoms with Gasteiger partial charge in [-0.25, -0.2) is 4.79 Å². The van der Waals surface area contributed by atoms with Crippen molar-refractivity contribution in [1.29, 1.82) is 0 Å². The van der Waals surface area contributed by atoms with Gasteiger partial charge in [0.25, 0.3) is 11.8 Å². The highest BCUT2D eigenvalue weighted by Crippen LogP contribution is 2.30. The van der Waals surface area contributed by atoms with E-state index in [1.54, 1.807) is 0 Å². The summed E-state index contributed by atoms with van der Waals surface area (Å²) in [4.78, 5) is 197. The van der Waals surface area contributed by atoms with Crippen LogP contribution in [0.2, 0.25) is 0 Å². The highest BCUT2D eigenvalue weighted by atomic mass is 16.7. The van der Waals surface area contributed by atoms with Gasteiger partial charge in [0.05, 0.1) is 76.3 Å². The van der Waals surface area contributed by atoms with Crippen molar-refractivity contribution in [2.24, 2.45) is 11.8 Å². The van der Waals surface area contributed by atoms with E-state index in [1.165, 1.54) is 41.5 Å². The van der Waals surface area contributed by atoms with Gasteiger partial charge in [-0.2, -0.15) is 0 Å². The Labute approximate surface area is 804 Å². The van der Waals surface area contributed by atoms with Crippen LogP contribution >= 0.6 is 0 Å². The number of hydrogen-bond donors (Lipinski definition) is 26. The second-order valence-corrected chi connectivity index (χ2v) is 35.6. The molecule has 0 aromatic heterocycles. The van der Waals surface area contributed by atoms with Crippen LogP contribution < -0.4 is 42.5 Å². The molecule has 26 N–H and O–H groups in total. The third kappa shape index (κ3) is 36.7. The molecule has 0 aliphatic carbocycles. The Kier molecular flexibility index (Phi) is 50.2. The molecule has 0 aromatic carbocycles. The number of hydrogen-bond acceptors (Lipinski definition) is 45. The maximum Gasteiger partial charge on any atom is 0.333 e. The summed E-state index contributed by atoms with van der Waals surface area (Å²) >= 11 is 0. The summed E-state index contributed by atoms with van der Waals surface area (Å²) in [7, 11) is 0. The van der Waals surface area contributed by atoms with Gasteiger partial charge in [-0.3, -0.25) is 62.3 Å². The number of aliphatic hydroxyl groups excluding tert-OH is 18. The standard InChI is InChI=1S/C86H141N9O45/c1-38-58(105)64(111)70(117)81(134-38)128-30-9-10-46(96)15-18-49(78(125)89-27-33-131-84-73(120)67(114)61(108)41(4)137-84)93-53(100)21-13-44(76(123)87-25-31-129-82-71(118)65(112)59(106)39(2)135-82)37-48(98)17-20-51(80(127)91-29-35-133-86-75(122)69(116)63(110)43(6)139-86)94-54(101)22-14-45(77(124)88-26-32-130-83-72(119)66(113)60(107)40(3)136-83)36-47(97)16-19-50(79(126)90-28-34-132-85-74(121)68(115)62(109)42(5)138-85)92-52(99)11-7-8-12-57(104)140-95-55(102)23-24-56(95)103/h38-45,49-51,58-75,81-86,105-122H,7-37H2,1-6H3,(H,87,123)(H,88,124)(H,89,125)(H,90,126)(H,91,127)(H,92,99)(H,93,100)(H,94,101)/t38-,39-,40-,41-,42-,43-,44+,45+,49-,50-,51-,58+,59+,60+,61+,62+,63+,64+,65+,66+,67+,68+,69+,70-,71-,72-,73-,74-,75-,81+,82+,83+,84+,85+,86+/m0/s1. The van der Waals surface area contributed by atoms with Crippen molar-refractivity contribution >= 4 is 82.4 Å². The van der Waals surface area contributed by atoms with Crippen molar-refractivity contribution in [2.45, 2.75) is 372 Å². The van der Waals surface area contributed by atoms with Crippen LogP contribution in [-0.2, 0) is 129 Å². The van der Waals surface area contributed by atoms with Crippen LogP contribution in [0.4, 0.5) is 0 Å². The monoisotopic (exact) mass is 2020 g/mol. The molecule has 0 aromatic rings. The number of hydroxylamine groups is 2. The van der Waals surface area contributed by atoms with E-state index in [0.717, 1.165) is 0 Å². The average molecular weight is 2020 g/mol. The topological polar surface area (TPSA) is 823 Å². The molecule has 0 spiro atoms. The van der Waals surface area contributed by atoms with Crippen LogP contribution in [0.1, 0.15) is 170 Å². The first kappa shape index (κ1) is 119. The summed E-state index contributed by atoms with van der Waals surface area (Å²) in [6, 6.07) is -4.81. The predicted molar refractivity (Wildman–Crippen MR) is 463 cm³/mol. The Balaban J connectivity index is 1.08. The zero-order valence-corrected chi connectivity index (χ0v) is 78.6. The first-order chi connectivity index (χ1) is 66.2. The van der Waals surface area contributed by atoms with Gasteiger partial charge in [0.2, 0.25) is 47.3 Å². The minimum Gasteiger partial charge on any atom is -0.388 e. The van der Waals surface area contributed by atoms with Crippen LogP contribution in [0.15, 0.2) is 0 Å². The fourth-order valence-corrected chi connectivity index (χ4v) is 15.8. The van der Waals surface area contributed by atoms with E-state index in [0.29, 0.717) is 5.06 Å². The number of ether oxygens (including phenoxy) is 12. The maximum atomic E-state index is 14.5. The Bertz CT molecular complexity index is 3970. The molecule has 54 nitrogen and oxygen atoms in total. The minimum atomic E-state index is -1.79. The van der Waals surface area contributed by atoms with Crippen LogP contribution in [0.25, 0.3) is 0 Å². The molecule has 54 heteroatoms. The number of carbonyl (C=O) groups excluding carboxylic acids is 14. The van der Waals surface area contributed by atoms with Gasteiger partial charge in [-0.05, 0) is 92.9 Å². The van der Waals surface area contributed by atoms with Crippen molar-refractivity contribution in [3.63, 3.8) is 0 Å². The molecule has 35 atom stereocenters. The smallest absolute Gasteiger partial charge is 0.333 e. The third-order valence-electron chi connectivity index (χ3n) is 24.6. The highest BCUT2D eigenvalue weighted by molar-refractivity contribution is 6.01. The van der Waals surface area contributed by atoms with Crippen molar-refractivity contribution in [1.82, 2.24) is 47.6 Å². The first-order valence-corrected chi connectivity index (χ1v) is 47.0. The number of Topliss-reactive ketones (excluding diaryl/α,β-unsaturated/α-hetero) is 3. The first-order valence-electron chi connectivity index (χ1n) is 47.0. The lowest BCUT2D eigenvalue weighted by molar-refractivity contribution is -0.293. The summed E-state index contributed by atoms with van der Waals surface area (Å²) in [5.74, 6) is -14.8. The fraction of sp³-hybridized carbons (Fsp3) is 0.837. The molecule has 7 heterocycles. The van der Waals surface area contributed by atoms with Gasteiger partial charge < -0.3 is 196 Å². The van der Waals surface area contributed by atoms with E-state index in [2.05, 4.69) is 42.5 Å². The van der Waals surface area contributed by atoms with E-state index in [-0.39, 0.29) is 90.5 Å². The number of ketones is 3. The molecule has 7 fully saturated rings. The Hall–Kier alpha value is -7.82.